The largest absolute Gasteiger partial charge is 0.503 e. The molecule has 0 aliphatic heterocycles. The van der Waals surface area contributed by atoms with E-state index in [1.54, 1.807) is 18.2 Å². The van der Waals surface area contributed by atoms with Crippen molar-refractivity contribution in [1.82, 2.24) is 0 Å². The van der Waals surface area contributed by atoms with Crippen LogP contribution in [0, 0.1) is 0 Å². The summed E-state index contributed by atoms with van der Waals surface area (Å²) in [6.45, 7) is 3.57. The third kappa shape index (κ3) is 3.02. The molecule has 1 aromatic rings. The smallest absolute Gasteiger partial charge is 0.176 e. The average Bonchev–Trinajstić information content (AvgIpc) is 2.20. The number of hydrogen-bond acceptors (Lipinski definition) is 3. The number of rotatable bonds is 3. The number of aromatic hydroxyl groups is 1. The van der Waals surface area contributed by atoms with Crippen molar-refractivity contribution in [3.8, 4) is 11.5 Å². The number of hydrogen-bond donors (Lipinski definition) is 2. The second-order valence-electron chi connectivity index (χ2n) is 2.82. The molecule has 3 N–H and O–H groups in total. The van der Waals surface area contributed by atoms with Crippen LogP contribution in [0.1, 0.15) is 11.6 Å². The highest BCUT2D eigenvalue weighted by Gasteiger charge is 2.11. The average molecular weight is 250 g/mol. The predicted molar refractivity (Wildman–Crippen MR) is 64.0 cm³/mol. The van der Waals surface area contributed by atoms with Gasteiger partial charge in [0.05, 0.1) is 12.1 Å². The van der Waals surface area contributed by atoms with E-state index in [9.17, 15) is 5.11 Å². The maximum Gasteiger partial charge on any atom is 0.176 e. The summed E-state index contributed by atoms with van der Waals surface area (Å²) in [5.74, 6) is 0.235. The molecule has 0 unspecified atom stereocenters. The van der Waals surface area contributed by atoms with Crippen molar-refractivity contribution < 1.29 is 9.84 Å². The molecule has 84 valence electrons. The van der Waals surface area contributed by atoms with E-state index >= 15 is 0 Å². The second-order valence-corrected chi connectivity index (χ2v) is 3.22. The standard InChI is InChI=1S/C10H12ClNO2.ClH/c1-3-8(12)6-4-7(11)10(13)9(5-6)14-2;/h3-5,8,13H,1,12H2,2H3;1H/t8-;/m1./s1. The van der Waals surface area contributed by atoms with E-state index in [4.69, 9.17) is 22.1 Å². The first-order valence-corrected chi connectivity index (χ1v) is 4.42. The Labute approximate surface area is 99.9 Å². The van der Waals surface area contributed by atoms with Crippen LogP contribution in [-0.2, 0) is 0 Å². The molecule has 0 aromatic heterocycles. The van der Waals surface area contributed by atoms with Gasteiger partial charge in [0, 0.05) is 6.04 Å². The quantitative estimate of drug-likeness (QED) is 0.811. The topological polar surface area (TPSA) is 55.5 Å². The number of phenolic OH excluding ortho intramolecular Hbond substituents is 1. The van der Waals surface area contributed by atoms with Gasteiger partial charge in [-0.25, -0.2) is 0 Å². The Morgan fingerprint density at radius 2 is 2.20 bits per heavy atom. The fourth-order valence-corrected chi connectivity index (χ4v) is 1.30. The zero-order valence-electron chi connectivity index (χ0n) is 8.24. The van der Waals surface area contributed by atoms with Crippen LogP contribution < -0.4 is 10.5 Å². The van der Waals surface area contributed by atoms with Crippen molar-refractivity contribution >= 4 is 24.0 Å². The van der Waals surface area contributed by atoms with E-state index in [0.29, 0.717) is 5.75 Å². The van der Waals surface area contributed by atoms with Crippen molar-refractivity contribution in [3.05, 3.63) is 35.4 Å². The lowest BCUT2D eigenvalue weighted by molar-refractivity contribution is 0.373. The Hall–Kier alpha value is -0.900. The summed E-state index contributed by atoms with van der Waals surface area (Å²) >= 11 is 5.78. The van der Waals surface area contributed by atoms with Gasteiger partial charge in [-0.3, -0.25) is 0 Å². The third-order valence-electron chi connectivity index (χ3n) is 1.91. The maximum atomic E-state index is 9.45. The molecule has 15 heavy (non-hydrogen) atoms. The van der Waals surface area contributed by atoms with E-state index in [0.717, 1.165) is 5.56 Å². The summed E-state index contributed by atoms with van der Waals surface area (Å²) in [5.41, 5.74) is 6.47. The minimum absolute atomic E-state index is 0. The molecule has 0 spiro atoms. The number of methoxy groups -OCH3 is 1. The van der Waals surface area contributed by atoms with Gasteiger partial charge in [0.25, 0.3) is 0 Å². The van der Waals surface area contributed by atoms with Crippen LogP contribution in [0.25, 0.3) is 0 Å². The molecule has 5 heteroatoms. The van der Waals surface area contributed by atoms with E-state index < -0.39 is 0 Å². The Morgan fingerprint density at radius 3 is 2.67 bits per heavy atom. The molecular weight excluding hydrogens is 237 g/mol. The third-order valence-corrected chi connectivity index (χ3v) is 2.20. The fourth-order valence-electron chi connectivity index (χ4n) is 1.08. The molecule has 0 aliphatic carbocycles. The van der Waals surface area contributed by atoms with Gasteiger partial charge in [-0.15, -0.1) is 19.0 Å². The number of phenols is 1. The second kappa shape index (κ2) is 5.85. The SMILES string of the molecule is C=C[C@@H](N)c1cc(Cl)c(O)c(OC)c1.Cl. The summed E-state index contributed by atoms with van der Waals surface area (Å²) in [6, 6.07) is 2.90. The van der Waals surface area contributed by atoms with Gasteiger partial charge < -0.3 is 15.6 Å². The summed E-state index contributed by atoms with van der Waals surface area (Å²) in [6.07, 6.45) is 1.59. The van der Waals surface area contributed by atoms with Gasteiger partial charge >= 0.3 is 0 Å². The van der Waals surface area contributed by atoms with E-state index in [-0.39, 0.29) is 29.2 Å². The van der Waals surface area contributed by atoms with E-state index in [2.05, 4.69) is 6.58 Å². The zero-order valence-corrected chi connectivity index (χ0v) is 9.81. The zero-order chi connectivity index (χ0) is 10.7. The molecule has 0 saturated carbocycles. The summed E-state index contributed by atoms with van der Waals surface area (Å²) in [7, 11) is 1.45. The van der Waals surface area contributed by atoms with Crippen molar-refractivity contribution in [3.63, 3.8) is 0 Å². The normalized spacial score (nSPS) is 11.4. The molecule has 0 amide bonds. The Bertz CT molecular complexity index is 356. The molecule has 0 heterocycles. The Balaban J connectivity index is 0.00000196. The maximum absolute atomic E-state index is 9.45. The first-order valence-electron chi connectivity index (χ1n) is 4.04. The van der Waals surface area contributed by atoms with Gasteiger partial charge in [-0.2, -0.15) is 0 Å². The van der Waals surface area contributed by atoms with E-state index in [1.807, 2.05) is 0 Å². The first kappa shape index (κ1) is 14.1. The van der Waals surface area contributed by atoms with Crippen LogP contribution in [0.5, 0.6) is 11.5 Å². The summed E-state index contributed by atoms with van der Waals surface area (Å²) < 4.78 is 4.94. The lowest BCUT2D eigenvalue weighted by atomic mass is 10.1. The van der Waals surface area contributed by atoms with Crippen LogP contribution in [0.2, 0.25) is 5.02 Å². The van der Waals surface area contributed by atoms with Crippen LogP contribution in [-0.4, -0.2) is 12.2 Å². The van der Waals surface area contributed by atoms with Crippen LogP contribution >= 0.6 is 24.0 Å². The molecule has 1 rings (SSSR count). The van der Waals surface area contributed by atoms with Crippen molar-refractivity contribution in [2.75, 3.05) is 7.11 Å². The van der Waals surface area contributed by atoms with Crippen LogP contribution in [0.15, 0.2) is 24.8 Å². The van der Waals surface area contributed by atoms with Crippen LogP contribution in [0.4, 0.5) is 0 Å². The summed E-state index contributed by atoms with van der Waals surface area (Å²) in [5, 5.41) is 9.67. The molecule has 3 nitrogen and oxygen atoms in total. The minimum atomic E-state index is -0.318. The highest BCUT2D eigenvalue weighted by molar-refractivity contribution is 6.32. The summed E-state index contributed by atoms with van der Waals surface area (Å²) in [4.78, 5) is 0. The monoisotopic (exact) mass is 249 g/mol. The number of halogens is 2. The fraction of sp³-hybridized carbons (Fsp3) is 0.200. The molecule has 0 fully saturated rings. The lowest BCUT2D eigenvalue weighted by Gasteiger charge is -2.11. The first-order chi connectivity index (χ1) is 6.60. The molecule has 0 saturated heterocycles. The number of benzene rings is 1. The molecule has 0 radical (unpaired) electrons. The van der Waals surface area contributed by atoms with Gasteiger partial charge in [0.15, 0.2) is 11.5 Å². The van der Waals surface area contributed by atoms with Gasteiger partial charge in [0.2, 0.25) is 0 Å². The molecule has 1 atom stereocenters. The lowest BCUT2D eigenvalue weighted by Crippen LogP contribution is -2.06. The molecule has 0 aliphatic rings. The minimum Gasteiger partial charge on any atom is -0.503 e. The van der Waals surface area contributed by atoms with Crippen molar-refractivity contribution in [1.29, 1.82) is 0 Å². The highest BCUT2D eigenvalue weighted by Crippen LogP contribution is 2.36. The molecular formula is C10H13Cl2NO2. The Kier molecular flexibility index (Phi) is 5.50. The predicted octanol–water partition coefficient (Wildman–Crippen LogP) is 2.66. The van der Waals surface area contributed by atoms with Crippen molar-refractivity contribution in [2.45, 2.75) is 6.04 Å². The number of ether oxygens (including phenoxy) is 1. The molecule has 0 bridgehead atoms. The number of nitrogens with two attached hydrogens (primary N) is 1. The Morgan fingerprint density at radius 1 is 1.60 bits per heavy atom. The van der Waals surface area contributed by atoms with Gasteiger partial charge in [-0.05, 0) is 17.7 Å². The molecule has 1 aromatic carbocycles. The van der Waals surface area contributed by atoms with Gasteiger partial charge in [-0.1, -0.05) is 17.7 Å². The van der Waals surface area contributed by atoms with Gasteiger partial charge in [0.1, 0.15) is 0 Å². The van der Waals surface area contributed by atoms with Crippen molar-refractivity contribution in [2.24, 2.45) is 5.73 Å². The van der Waals surface area contributed by atoms with Crippen LogP contribution in [0.3, 0.4) is 0 Å². The highest BCUT2D eigenvalue weighted by atomic mass is 35.5. The van der Waals surface area contributed by atoms with E-state index in [1.165, 1.54) is 7.11 Å².